The topological polar surface area (TPSA) is 13.1 Å². The van der Waals surface area contributed by atoms with E-state index in [1.165, 1.54) is 18.6 Å². The van der Waals surface area contributed by atoms with Crippen molar-refractivity contribution in [2.75, 3.05) is 11.6 Å². The average molecular weight is 247 g/mol. The molecule has 86 valence electrons. The number of hydrogen-bond donors (Lipinski definition) is 0. The molecule has 1 nitrogen and oxygen atoms in total. The van der Waals surface area contributed by atoms with Gasteiger partial charge in [-0.1, -0.05) is 13.3 Å². The maximum absolute atomic E-state index is 5.62. The molecule has 0 bridgehead atoms. The average Bonchev–Trinajstić information content (AvgIpc) is 2.71. The monoisotopic (exact) mass is 246 g/mol. The van der Waals surface area contributed by atoms with E-state index in [2.05, 4.69) is 19.1 Å². The fraction of sp³-hybridized carbons (Fsp3) is 0.667. The molecule has 0 spiro atoms. The van der Waals surface area contributed by atoms with Crippen molar-refractivity contribution in [2.24, 2.45) is 0 Å². The Kier molecular flexibility index (Phi) is 7.03. The van der Waals surface area contributed by atoms with Crippen molar-refractivity contribution in [3.63, 3.8) is 0 Å². The Balaban J connectivity index is 2.04. The smallest absolute Gasteiger partial charge is 0.114 e. The summed E-state index contributed by atoms with van der Waals surface area (Å²) in [5, 5.41) is 0. The number of halogens is 1. The first kappa shape index (κ1) is 13.0. The molecule has 0 saturated heterocycles. The Morgan fingerprint density at radius 1 is 1.20 bits per heavy atom. The number of thioether (sulfide) groups is 1. The maximum atomic E-state index is 5.62. The van der Waals surface area contributed by atoms with Crippen LogP contribution in [0.15, 0.2) is 16.5 Å². The lowest BCUT2D eigenvalue weighted by atomic mass is 10.3. The van der Waals surface area contributed by atoms with Gasteiger partial charge < -0.3 is 4.42 Å². The minimum atomic E-state index is 0.794. The molecule has 0 amide bonds. The van der Waals surface area contributed by atoms with Crippen LogP contribution in [-0.4, -0.2) is 11.6 Å². The summed E-state index contributed by atoms with van der Waals surface area (Å²) >= 11 is 7.55. The molecular formula is C12H19ClOS. The van der Waals surface area contributed by atoms with Gasteiger partial charge in [-0.25, -0.2) is 0 Å². The molecule has 0 aliphatic heterocycles. The number of furan rings is 1. The van der Waals surface area contributed by atoms with Gasteiger partial charge in [-0.2, -0.15) is 11.8 Å². The molecule has 0 aliphatic carbocycles. The highest BCUT2D eigenvalue weighted by molar-refractivity contribution is 7.98. The lowest BCUT2D eigenvalue weighted by molar-refractivity contribution is 0.485. The van der Waals surface area contributed by atoms with E-state index in [4.69, 9.17) is 16.0 Å². The highest BCUT2D eigenvalue weighted by Crippen LogP contribution is 2.17. The molecule has 0 atom stereocenters. The number of hydrogen-bond acceptors (Lipinski definition) is 2. The molecule has 0 N–H and O–H groups in total. The predicted octanol–water partition coefficient (Wildman–Crippen LogP) is 4.48. The molecule has 3 heteroatoms. The van der Waals surface area contributed by atoms with Crippen LogP contribution in [0.25, 0.3) is 0 Å². The summed E-state index contributed by atoms with van der Waals surface area (Å²) in [5.74, 6) is 5.20. The largest absolute Gasteiger partial charge is 0.465 e. The van der Waals surface area contributed by atoms with Crippen LogP contribution >= 0.6 is 23.4 Å². The zero-order valence-electron chi connectivity index (χ0n) is 9.30. The summed E-state index contributed by atoms with van der Waals surface area (Å²) in [6.07, 6.45) is 4.64. The summed E-state index contributed by atoms with van der Waals surface area (Å²) in [6, 6.07) is 4.16. The number of rotatable bonds is 8. The standard InChI is InChI=1S/C12H19ClOS/c1-2-11-6-7-12(14-11)10-15-9-5-3-4-8-13/h6-7H,2-5,8-10H2,1H3. The maximum Gasteiger partial charge on any atom is 0.114 e. The molecule has 0 saturated carbocycles. The van der Waals surface area contributed by atoms with Crippen molar-refractivity contribution in [3.05, 3.63) is 23.7 Å². The van der Waals surface area contributed by atoms with Gasteiger partial charge in [0.15, 0.2) is 0 Å². The van der Waals surface area contributed by atoms with E-state index < -0.39 is 0 Å². The predicted molar refractivity (Wildman–Crippen MR) is 68.8 cm³/mol. The molecular weight excluding hydrogens is 228 g/mol. The van der Waals surface area contributed by atoms with Gasteiger partial charge in [-0.05, 0) is 30.7 Å². The molecule has 0 unspecified atom stereocenters. The van der Waals surface area contributed by atoms with Crippen LogP contribution in [0.3, 0.4) is 0 Å². The second-order valence-electron chi connectivity index (χ2n) is 3.52. The van der Waals surface area contributed by atoms with Crippen LogP contribution < -0.4 is 0 Å². The first-order valence-corrected chi connectivity index (χ1v) is 7.27. The Hall–Kier alpha value is -0.0800. The second kappa shape index (κ2) is 8.12. The first-order chi connectivity index (χ1) is 7.36. The molecule has 0 aromatic carbocycles. The van der Waals surface area contributed by atoms with Crippen molar-refractivity contribution in [1.29, 1.82) is 0 Å². The summed E-state index contributed by atoms with van der Waals surface area (Å²) in [7, 11) is 0. The first-order valence-electron chi connectivity index (χ1n) is 5.58. The second-order valence-corrected chi connectivity index (χ2v) is 5.01. The minimum Gasteiger partial charge on any atom is -0.465 e. The molecule has 0 radical (unpaired) electrons. The van der Waals surface area contributed by atoms with Gasteiger partial charge in [0.1, 0.15) is 11.5 Å². The Bertz CT molecular complexity index is 260. The minimum absolute atomic E-state index is 0.794. The van der Waals surface area contributed by atoms with Gasteiger partial charge in [0.25, 0.3) is 0 Å². The molecule has 1 aromatic heterocycles. The van der Waals surface area contributed by atoms with Crippen LogP contribution in [0.4, 0.5) is 0 Å². The van der Waals surface area contributed by atoms with Crippen molar-refractivity contribution in [2.45, 2.75) is 38.4 Å². The highest BCUT2D eigenvalue weighted by Gasteiger charge is 2.00. The molecule has 0 fully saturated rings. The van der Waals surface area contributed by atoms with Crippen molar-refractivity contribution < 1.29 is 4.42 Å². The van der Waals surface area contributed by atoms with Crippen LogP contribution in [0, 0.1) is 0 Å². The van der Waals surface area contributed by atoms with Gasteiger partial charge >= 0.3 is 0 Å². The van der Waals surface area contributed by atoms with E-state index in [9.17, 15) is 0 Å². The number of aryl methyl sites for hydroxylation is 1. The van der Waals surface area contributed by atoms with Crippen LogP contribution in [0.2, 0.25) is 0 Å². The molecule has 15 heavy (non-hydrogen) atoms. The van der Waals surface area contributed by atoms with E-state index >= 15 is 0 Å². The Morgan fingerprint density at radius 2 is 2.00 bits per heavy atom. The molecule has 0 aliphatic rings. The van der Waals surface area contributed by atoms with Crippen LogP contribution in [0.5, 0.6) is 0 Å². The third-order valence-corrected chi connectivity index (χ3v) is 3.57. The van der Waals surface area contributed by atoms with E-state index in [0.29, 0.717) is 0 Å². The summed E-state index contributed by atoms with van der Waals surface area (Å²) in [4.78, 5) is 0. The zero-order valence-corrected chi connectivity index (χ0v) is 10.9. The van der Waals surface area contributed by atoms with Gasteiger partial charge in [-0.15, -0.1) is 11.6 Å². The van der Waals surface area contributed by atoms with E-state index in [1.54, 1.807) is 0 Å². The third-order valence-electron chi connectivity index (χ3n) is 2.23. The quantitative estimate of drug-likeness (QED) is 0.496. The van der Waals surface area contributed by atoms with E-state index in [-0.39, 0.29) is 0 Å². The summed E-state index contributed by atoms with van der Waals surface area (Å²) in [6.45, 7) is 2.11. The molecule has 1 aromatic rings. The fourth-order valence-corrected chi connectivity index (χ4v) is 2.44. The Labute approximate surface area is 102 Å². The number of unbranched alkanes of at least 4 members (excludes halogenated alkanes) is 2. The fourth-order valence-electron chi connectivity index (χ4n) is 1.34. The zero-order chi connectivity index (χ0) is 10.9. The highest BCUT2D eigenvalue weighted by atomic mass is 35.5. The Morgan fingerprint density at radius 3 is 2.67 bits per heavy atom. The van der Waals surface area contributed by atoms with Gasteiger partial charge in [0.2, 0.25) is 0 Å². The third kappa shape index (κ3) is 5.53. The number of alkyl halides is 1. The molecule has 1 heterocycles. The summed E-state index contributed by atoms with van der Waals surface area (Å²) < 4.78 is 5.62. The van der Waals surface area contributed by atoms with Crippen molar-refractivity contribution >= 4 is 23.4 Å². The van der Waals surface area contributed by atoms with Crippen molar-refractivity contribution in [3.8, 4) is 0 Å². The van der Waals surface area contributed by atoms with Gasteiger partial charge in [0.05, 0.1) is 5.75 Å². The van der Waals surface area contributed by atoms with Crippen molar-refractivity contribution in [1.82, 2.24) is 0 Å². The van der Waals surface area contributed by atoms with Gasteiger partial charge in [-0.3, -0.25) is 0 Å². The SMILES string of the molecule is CCc1ccc(CSCCCCCCl)o1. The van der Waals surface area contributed by atoms with E-state index in [0.717, 1.165) is 36.0 Å². The molecule has 1 rings (SSSR count). The summed E-state index contributed by atoms with van der Waals surface area (Å²) in [5.41, 5.74) is 0. The van der Waals surface area contributed by atoms with Gasteiger partial charge in [0, 0.05) is 12.3 Å². The van der Waals surface area contributed by atoms with Crippen LogP contribution in [0.1, 0.15) is 37.7 Å². The van der Waals surface area contributed by atoms with E-state index in [1.807, 2.05) is 11.8 Å². The lowest BCUT2D eigenvalue weighted by Crippen LogP contribution is -1.83. The normalized spacial score (nSPS) is 10.8. The van der Waals surface area contributed by atoms with Crippen LogP contribution in [-0.2, 0) is 12.2 Å². The lowest BCUT2D eigenvalue weighted by Gasteiger charge is -1.98.